The fraction of sp³-hybridized carbons (Fsp3) is 0.200. The van der Waals surface area contributed by atoms with Crippen LogP contribution in [0.15, 0.2) is 45.2 Å². The highest BCUT2D eigenvalue weighted by Crippen LogP contribution is 2.27. The van der Waals surface area contributed by atoms with E-state index >= 15 is 0 Å². The zero-order chi connectivity index (χ0) is 20.5. The van der Waals surface area contributed by atoms with Crippen LogP contribution in [-0.2, 0) is 24.8 Å². The molecule has 9 heteroatoms. The quantitative estimate of drug-likeness (QED) is 0.348. The van der Waals surface area contributed by atoms with Crippen molar-refractivity contribution < 1.29 is 13.9 Å². The molecule has 0 unspecified atom stereocenters. The van der Waals surface area contributed by atoms with E-state index in [1.165, 1.54) is 17.4 Å². The predicted octanol–water partition coefficient (Wildman–Crippen LogP) is 4.22. The molecule has 0 saturated heterocycles. The number of aromatic nitrogens is 3. The van der Waals surface area contributed by atoms with Crippen molar-refractivity contribution >= 4 is 39.9 Å². The second-order valence-electron chi connectivity index (χ2n) is 6.40. The maximum absolute atomic E-state index is 12.4. The first-order valence-electron chi connectivity index (χ1n) is 8.81. The lowest BCUT2D eigenvalue weighted by atomic mass is 10.1. The summed E-state index contributed by atoms with van der Waals surface area (Å²) in [6.45, 7) is 1.87. The van der Waals surface area contributed by atoms with E-state index in [4.69, 9.17) is 20.8 Å². The van der Waals surface area contributed by atoms with Crippen molar-refractivity contribution in [1.29, 1.82) is 0 Å². The first kappa shape index (κ1) is 19.4. The number of carbonyl (C=O) groups is 1. The Hall–Kier alpha value is -2.97. The Kier molecular flexibility index (Phi) is 5.21. The summed E-state index contributed by atoms with van der Waals surface area (Å²) in [4.78, 5) is 28.6. The molecule has 29 heavy (non-hydrogen) atoms. The summed E-state index contributed by atoms with van der Waals surface area (Å²) in [7, 11) is 1.81. The average Bonchev–Trinajstić information content (AvgIpc) is 3.35. The van der Waals surface area contributed by atoms with Crippen molar-refractivity contribution in [1.82, 2.24) is 14.8 Å². The number of nitrogens with zero attached hydrogens (tertiary/aromatic N) is 3. The normalized spacial score (nSPS) is 11.1. The fourth-order valence-electron chi connectivity index (χ4n) is 2.93. The van der Waals surface area contributed by atoms with Gasteiger partial charge in [-0.3, -0.25) is 4.68 Å². The van der Waals surface area contributed by atoms with Gasteiger partial charge in [0.2, 0.25) is 0 Å². The number of aryl methyl sites for hydroxylation is 2. The molecule has 0 radical (unpaired) electrons. The van der Waals surface area contributed by atoms with Crippen LogP contribution in [0.4, 0.5) is 0 Å². The van der Waals surface area contributed by atoms with Gasteiger partial charge in [0.1, 0.15) is 17.2 Å². The third kappa shape index (κ3) is 3.94. The monoisotopic (exact) mass is 429 g/mol. The first-order valence-corrected chi connectivity index (χ1v) is 10.1. The van der Waals surface area contributed by atoms with E-state index in [0.717, 1.165) is 11.1 Å². The molecular formula is C20H16ClN3O4S. The predicted molar refractivity (Wildman–Crippen MR) is 110 cm³/mol. The third-order valence-electron chi connectivity index (χ3n) is 4.40. The SMILES string of the molecule is CCc1cc2oc(=O)cc(COC(=O)c3csc(-c4cnn(C)c4)n3)c2cc1Cl. The second-order valence-corrected chi connectivity index (χ2v) is 7.67. The Morgan fingerprint density at radius 1 is 1.31 bits per heavy atom. The van der Waals surface area contributed by atoms with Gasteiger partial charge in [0.25, 0.3) is 0 Å². The molecule has 4 aromatic rings. The molecule has 0 atom stereocenters. The molecule has 3 aromatic heterocycles. The zero-order valence-electron chi connectivity index (χ0n) is 15.6. The Morgan fingerprint density at radius 2 is 2.14 bits per heavy atom. The molecule has 0 fully saturated rings. The number of halogens is 1. The van der Waals surface area contributed by atoms with Gasteiger partial charge in [-0.2, -0.15) is 5.10 Å². The number of esters is 1. The lowest BCUT2D eigenvalue weighted by molar-refractivity contribution is 0.0468. The lowest BCUT2D eigenvalue weighted by Gasteiger charge is -2.08. The summed E-state index contributed by atoms with van der Waals surface area (Å²) in [5.74, 6) is -0.575. The minimum atomic E-state index is -0.575. The molecule has 0 saturated carbocycles. The van der Waals surface area contributed by atoms with E-state index in [9.17, 15) is 9.59 Å². The van der Waals surface area contributed by atoms with Gasteiger partial charge in [0, 0.05) is 46.2 Å². The van der Waals surface area contributed by atoms with Gasteiger partial charge in [0.05, 0.1) is 6.20 Å². The summed E-state index contributed by atoms with van der Waals surface area (Å²) < 4.78 is 12.3. The van der Waals surface area contributed by atoms with Crippen molar-refractivity contribution in [2.75, 3.05) is 0 Å². The maximum atomic E-state index is 12.4. The molecule has 3 heterocycles. The van der Waals surface area contributed by atoms with Crippen LogP contribution in [0.1, 0.15) is 28.5 Å². The van der Waals surface area contributed by atoms with E-state index in [0.29, 0.717) is 33.0 Å². The lowest BCUT2D eigenvalue weighted by Crippen LogP contribution is -2.08. The Balaban J connectivity index is 1.56. The highest BCUT2D eigenvalue weighted by molar-refractivity contribution is 7.13. The Bertz CT molecular complexity index is 1270. The van der Waals surface area contributed by atoms with Crippen LogP contribution in [0, 0.1) is 0 Å². The smallest absolute Gasteiger partial charge is 0.358 e. The van der Waals surface area contributed by atoms with Gasteiger partial charge in [-0.05, 0) is 24.1 Å². The van der Waals surface area contributed by atoms with Crippen LogP contribution in [0.2, 0.25) is 5.02 Å². The maximum Gasteiger partial charge on any atom is 0.358 e. The van der Waals surface area contributed by atoms with Gasteiger partial charge >= 0.3 is 11.6 Å². The number of ether oxygens (including phenoxy) is 1. The topological polar surface area (TPSA) is 87.2 Å². The molecule has 0 N–H and O–H groups in total. The van der Waals surface area contributed by atoms with Crippen molar-refractivity contribution in [2.45, 2.75) is 20.0 Å². The summed E-state index contributed by atoms with van der Waals surface area (Å²) in [5, 5.41) is 7.61. The zero-order valence-corrected chi connectivity index (χ0v) is 17.2. The number of fused-ring (bicyclic) bond motifs is 1. The van der Waals surface area contributed by atoms with E-state index in [2.05, 4.69) is 10.1 Å². The average molecular weight is 430 g/mol. The number of benzene rings is 1. The van der Waals surface area contributed by atoms with Crippen molar-refractivity contribution in [2.24, 2.45) is 7.05 Å². The van der Waals surface area contributed by atoms with Gasteiger partial charge < -0.3 is 9.15 Å². The minimum absolute atomic E-state index is 0.0948. The third-order valence-corrected chi connectivity index (χ3v) is 5.65. The van der Waals surface area contributed by atoms with Crippen LogP contribution >= 0.6 is 22.9 Å². The molecular weight excluding hydrogens is 414 g/mol. The summed E-state index contributed by atoms with van der Waals surface area (Å²) >= 11 is 7.62. The Labute approximate surface area is 174 Å². The van der Waals surface area contributed by atoms with Gasteiger partial charge in [-0.25, -0.2) is 14.6 Å². The molecule has 1 aromatic carbocycles. The molecule has 0 amide bonds. The van der Waals surface area contributed by atoms with Crippen molar-refractivity contribution in [3.63, 3.8) is 0 Å². The largest absolute Gasteiger partial charge is 0.456 e. The summed E-state index contributed by atoms with van der Waals surface area (Å²) in [5.41, 5.74) is 2.33. The number of thiazole rings is 1. The van der Waals surface area contributed by atoms with E-state index < -0.39 is 11.6 Å². The molecule has 0 aliphatic rings. The number of hydrogen-bond acceptors (Lipinski definition) is 7. The van der Waals surface area contributed by atoms with E-state index in [1.807, 2.05) is 20.2 Å². The summed E-state index contributed by atoms with van der Waals surface area (Å²) in [6.07, 6.45) is 4.20. The minimum Gasteiger partial charge on any atom is -0.456 e. The summed E-state index contributed by atoms with van der Waals surface area (Å²) in [6, 6.07) is 4.77. The van der Waals surface area contributed by atoms with E-state index in [-0.39, 0.29) is 12.3 Å². The first-order chi connectivity index (χ1) is 13.9. The van der Waals surface area contributed by atoms with Crippen molar-refractivity contribution in [3.05, 3.63) is 68.2 Å². The molecule has 0 aliphatic carbocycles. The highest BCUT2D eigenvalue weighted by Gasteiger charge is 2.16. The van der Waals surface area contributed by atoms with Crippen LogP contribution in [0.25, 0.3) is 21.5 Å². The molecule has 4 rings (SSSR count). The number of carbonyl (C=O) groups excluding carboxylic acids is 1. The standard InChI is InChI=1S/C20H16ClN3O4S/c1-3-11-4-17-14(6-15(11)21)12(5-18(25)28-17)9-27-20(26)16-10-29-19(23-16)13-7-22-24(2)8-13/h4-8,10H,3,9H2,1-2H3. The molecule has 7 nitrogen and oxygen atoms in total. The van der Waals surface area contributed by atoms with Crippen LogP contribution in [0.5, 0.6) is 0 Å². The molecule has 0 bridgehead atoms. The molecule has 0 aliphatic heterocycles. The molecule has 0 spiro atoms. The van der Waals surface area contributed by atoms with Crippen LogP contribution < -0.4 is 5.63 Å². The fourth-order valence-corrected chi connectivity index (χ4v) is 3.99. The van der Waals surface area contributed by atoms with Crippen LogP contribution in [-0.4, -0.2) is 20.7 Å². The Morgan fingerprint density at radius 3 is 2.86 bits per heavy atom. The van der Waals surface area contributed by atoms with Gasteiger partial charge in [-0.1, -0.05) is 18.5 Å². The van der Waals surface area contributed by atoms with Crippen molar-refractivity contribution in [3.8, 4) is 10.6 Å². The van der Waals surface area contributed by atoms with E-state index in [1.54, 1.807) is 28.4 Å². The van der Waals surface area contributed by atoms with Gasteiger partial charge in [-0.15, -0.1) is 11.3 Å². The highest BCUT2D eigenvalue weighted by atomic mass is 35.5. The molecule has 148 valence electrons. The number of hydrogen-bond donors (Lipinski definition) is 0. The van der Waals surface area contributed by atoms with Gasteiger partial charge in [0.15, 0.2) is 5.69 Å². The van der Waals surface area contributed by atoms with Crippen LogP contribution in [0.3, 0.4) is 0 Å². The second kappa shape index (κ2) is 7.81. The number of rotatable bonds is 5.